The van der Waals surface area contributed by atoms with Crippen molar-refractivity contribution >= 4 is 50.5 Å². The van der Waals surface area contributed by atoms with Crippen molar-refractivity contribution in [2.75, 3.05) is 12.0 Å². The van der Waals surface area contributed by atoms with E-state index in [0.717, 1.165) is 20.3 Å². The van der Waals surface area contributed by atoms with Crippen LogP contribution in [0, 0.1) is 0 Å². The smallest absolute Gasteiger partial charge is 0.0795 e. The highest BCUT2D eigenvalue weighted by Crippen LogP contribution is 2.41. The van der Waals surface area contributed by atoms with Gasteiger partial charge in [0.25, 0.3) is 0 Å². The lowest BCUT2D eigenvalue weighted by atomic mass is 10.2. The molecule has 0 spiro atoms. The minimum absolute atomic E-state index is 0.764. The molecule has 0 amide bonds. The summed E-state index contributed by atoms with van der Waals surface area (Å²) in [5, 5.41) is 1.90. The highest BCUT2D eigenvalue weighted by Gasteiger charge is 2.08. The van der Waals surface area contributed by atoms with Gasteiger partial charge in [0.05, 0.1) is 9.23 Å². The fraction of sp³-hybridized carbons (Fsp3) is 0.111. The number of thiophene rings is 1. The number of hydrogen-bond acceptors (Lipinski definition) is 3. The zero-order valence-corrected chi connectivity index (χ0v) is 9.39. The molecule has 2 aromatic rings. The molecular weight excluding hydrogens is 222 g/mol. The first-order chi connectivity index (χ1) is 6.22. The van der Waals surface area contributed by atoms with Gasteiger partial charge in [-0.3, -0.25) is 0 Å². The van der Waals surface area contributed by atoms with Crippen molar-refractivity contribution in [1.29, 1.82) is 0 Å². The number of hydrogen-bond donors (Lipinski definition) is 1. The van der Waals surface area contributed by atoms with Crippen molar-refractivity contribution in [3.8, 4) is 0 Å². The maximum absolute atomic E-state index is 6.16. The molecule has 0 unspecified atom stereocenters. The van der Waals surface area contributed by atoms with Crippen LogP contribution in [0.3, 0.4) is 0 Å². The third-order valence-electron chi connectivity index (χ3n) is 1.81. The number of benzene rings is 1. The minimum atomic E-state index is 0.764. The largest absolute Gasteiger partial charge is 0.399 e. The molecule has 68 valence electrons. The fourth-order valence-corrected chi connectivity index (χ4v) is 3.45. The van der Waals surface area contributed by atoms with Crippen LogP contribution in [0.1, 0.15) is 0 Å². The highest BCUT2D eigenvalue weighted by atomic mass is 35.5. The van der Waals surface area contributed by atoms with Gasteiger partial charge in [-0.1, -0.05) is 11.6 Å². The van der Waals surface area contributed by atoms with Gasteiger partial charge in [-0.25, -0.2) is 0 Å². The molecule has 0 saturated carbocycles. The van der Waals surface area contributed by atoms with E-state index in [1.807, 2.05) is 24.5 Å². The molecule has 1 aromatic heterocycles. The second-order valence-electron chi connectivity index (χ2n) is 2.66. The first kappa shape index (κ1) is 9.19. The molecule has 1 nitrogen and oxygen atoms in total. The lowest BCUT2D eigenvalue weighted by molar-refractivity contribution is 1.74. The number of thioether (sulfide) groups is 1. The van der Waals surface area contributed by atoms with E-state index in [0.29, 0.717) is 0 Å². The summed E-state index contributed by atoms with van der Waals surface area (Å²) in [6.45, 7) is 0. The van der Waals surface area contributed by atoms with Crippen LogP contribution in [0.2, 0.25) is 5.02 Å². The van der Waals surface area contributed by atoms with Gasteiger partial charge < -0.3 is 5.73 Å². The Morgan fingerprint density at radius 1 is 1.46 bits per heavy atom. The second-order valence-corrected chi connectivity index (χ2v) is 5.17. The molecule has 0 fully saturated rings. The molecule has 0 atom stereocenters. The summed E-state index contributed by atoms with van der Waals surface area (Å²) in [4.78, 5) is 0. The number of halogens is 1. The van der Waals surface area contributed by atoms with Gasteiger partial charge in [-0.05, 0) is 24.5 Å². The maximum atomic E-state index is 6.16. The Morgan fingerprint density at radius 3 is 2.92 bits per heavy atom. The van der Waals surface area contributed by atoms with Crippen molar-refractivity contribution in [3.63, 3.8) is 0 Å². The third-order valence-corrected chi connectivity index (χ3v) is 4.71. The molecule has 0 aliphatic carbocycles. The normalized spacial score (nSPS) is 10.9. The molecule has 13 heavy (non-hydrogen) atoms. The average Bonchev–Trinajstić information content (AvgIpc) is 2.44. The van der Waals surface area contributed by atoms with Crippen LogP contribution in [0.25, 0.3) is 10.1 Å². The first-order valence-electron chi connectivity index (χ1n) is 3.74. The molecule has 1 heterocycles. The topological polar surface area (TPSA) is 26.0 Å². The van der Waals surface area contributed by atoms with E-state index in [1.165, 1.54) is 4.70 Å². The number of fused-ring (bicyclic) bond motifs is 1. The van der Waals surface area contributed by atoms with Crippen LogP contribution in [0.5, 0.6) is 0 Å². The summed E-state index contributed by atoms with van der Waals surface area (Å²) in [7, 11) is 0. The molecule has 0 bridgehead atoms. The van der Waals surface area contributed by atoms with Crippen LogP contribution < -0.4 is 5.73 Å². The predicted molar refractivity (Wildman–Crippen MR) is 63.0 cm³/mol. The SMILES string of the molecule is CSc1sc2ccc(N)cc2c1Cl. The van der Waals surface area contributed by atoms with Gasteiger partial charge in [0.2, 0.25) is 0 Å². The monoisotopic (exact) mass is 229 g/mol. The molecular formula is C9H8ClNS2. The van der Waals surface area contributed by atoms with E-state index in [9.17, 15) is 0 Å². The Kier molecular flexibility index (Phi) is 2.41. The van der Waals surface area contributed by atoms with Gasteiger partial charge in [0, 0.05) is 15.8 Å². The van der Waals surface area contributed by atoms with Crippen LogP contribution in [0.4, 0.5) is 5.69 Å². The van der Waals surface area contributed by atoms with Crippen molar-refractivity contribution in [2.45, 2.75) is 4.21 Å². The summed E-state index contributed by atoms with van der Waals surface area (Å²) in [6, 6.07) is 5.84. The standard InChI is InChI=1S/C9H8ClNS2/c1-12-9-8(10)6-4-5(11)2-3-7(6)13-9/h2-4H,11H2,1H3. The summed E-state index contributed by atoms with van der Waals surface area (Å²) < 4.78 is 2.35. The van der Waals surface area contributed by atoms with E-state index in [2.05, 4.69) is 0 Å². The zero-order chi connectivity index (χ0) is 9.42. The minimum Gasteiger partial charge on any atom is -0.399 e. The maximum Gasteiger partial charge on any atom is 0.0795 e. The van der Waals surface area contributed by atoms with Crippen LogP contribution >= 0.6 is 34.7 Å². The molecule has 2 N–H and O–H groups in total. The van der Waals surface area contributed by atoms with Gasteiger partial charge >= 0.3 is 0 Å². The third kappa shape index (κ3) is 1.52. The molecule has 0 aliphatic heterocycles. The summed E-state index contributed by atoms with van der Waals surface area (Å²) >= 11 is 9.54. The first-order valence-corrected chi connectivity index (χ1v) is 6.16. The number of rotatable bonds is 1. The van der Waals surface area contributed by atoms with Gasteiger partial charge in [0.1, 0.15) is 0 Å². The number of nitrogens with two attached hydrogens (primary N) is 1. The Hall–Kier alpha value is -0.380. The second kappa shape index (κ2) is 3.40. The Labute approximate surface area is 89.9 Å². The van der Waals surface area contributed by atoms with E-state index in [1.54, 1.807) is 23.1 Å². The van der Waals surface area contributed by atoms with Crippen LogP contribution in [-0.2, 0) is 0 Å². The fourth-order valence-electron chi connectivity index (χ4n) is 1.19. The van der Waals surface area contributed by atoms with Crippen molar-refractivity contribution in [3.05, 3.63) is 23.2 Å². The van der Waals surface area contributed by atoms with Crippen molar-refractivity contribution in [1.82, 2.24) is 0 Å². The summed E-state index contributed by atoms with van der Waals surface area (Å²) in [6.07, 6.45) is 2.03. The molecule has 0 radical (unpaired) electrons. The zero-order valence-electron chi connectivity index (χ0n) is 7.00. The lowest BCUT2D eigenvalue weighted by Crippen LogP contribution is -1.81. The van der Waals surface area contributed by atoms with Crippen molar-refractivity contribution in [2.24, 2.45) is 0 Å². The van der Waals surface area contributed by atoms with Gasteiger partial charge in [-0.2, -0.15) is 0 Å². The van der Waals surface area contributed by atoms with Gasteiger partial charge in [-0.15, -0.1) is 23.1 Å². The van der Waals surface area contributed by atoms with E-state index < -0.39 is 0 Å². The van der Waals surface area contributed by atoms with Crippen LogP contribution in [-0.4, -0.2) is 6.26 Å². The summed E-state index contributed by atoms with van der Waals surface area (Å²) in [5.41, 5.74) is 6.45. The average molecular weight is 230 g/mol. The summed E-state index contributed by atoms with van der Waals surface area (Å²) in [5.74, 6) is 0. The molecule has 0 saturated heterocycles. The van der Waals surface area contributed by atoms with Gasteiger partial charge in [0.15, 0.2) is 0 Å². The number of anilines is 1. The van der Waals surface area contributed by atoms with Crippen LogP contribution in [0.15, 0.2) is 22.4 Å². The number of nitrogen functional groups attached to an aromatic ring is 1. The van der Waals surface area contributed by atoms with Crippen molar-refractivity contribution < 1.29 is 0 Å². The van der Waals surface area contributed by atoms with E-state index >= 15 is 0 Å². The molecule has 1 aromatic carbocycles. The molecule has 4 heteroatoms. The molecule has 0 aliphatic rings. The Morgan fingerprint density at radius 2 is 2.23 bits per heavy atom. The molecule has 2 rings (SSSR count). The van der Waals surface area contributed by atoms with E-state index in [-0.39, 0.29) is 0 Å². The highest BCUT2D eigenvalue weighted by molar-refractivity contribution is 8.00. The quantitative estimate of drug-likeness (QED) is 0.594. The Balaban J connectivity index is 2.77. The lowest BCUT2D eigenvalue weighted by Gasteiger charge is -1.92. The van der Waals surface area contributed by atoms with E-state index in [4.69, 9.17) is 17.3 Å². The predicted octanol–water partition coefficient (Wildman–Crippen LogP) is 3.86. The Bertz CT molecular complexity index is 450.